The molecule has 1 N–H and O–H groups in total. The van der Waals surface area contributed by atoms with Crippen molar-refractivity contribution < 1.29 is 9.53 Å². The fraction of sp³-hybridized carbons (Fsp3) is 0.286. The highest BCUT2D eigenvalue weighted by Crippen LogP contribution is 2.19. The molecular formula is C21H23N3O3. The van der Waals surface area contributed by atoms with Crippen LogP contribution in [0.4, 0.5) is 0 Å². The highest BCUT2D eigenvalue weighted by atomic mass is 16.5. The van der Waals surface area contributed by atoms with Crippen LogP contribution in [0.5, 0.6) is 5.75 Å². The minimum absolute atomic E-state index is 0.0103. The van der Waals surface area contributed by atoms with Crippen LogP contribution in [-0.2, 0) is 17.6 Å². The maximum absolute atomic E-state index is 12.4. The SMILES string of the molecule is COc1ccc2[nH]c(=O)c(CCC(=O)N(C)CCc3ccccn3)cc2c1. The fourth-order valence-electron chi connectivity index (χ4n) is 2.93. The normalized spacial score (nSPS) is 10.7. The zero-order valence-corrected chi connectivity index (χ0v) is 15.6. The summed E-state index contributed by atoms with van der Waals surface area (Å²) in [5, 5.41) is 0.889. The van der Waals surface area contributed by atoms with Gasteiger partial charge in [-0.05, 0) is 42.8 Å². The van der Waals surface area contributed by atoms with Gasteiger partial charge in [-0.2, -0.15) is 0 Å². The highest BCUT2D eigenvalue weighted by molar-refractivity contribution is 5.81. The van der Waals surface area contributed by atoms with Crippen molar-refractivity contribution >= 4 is 16.8 Å². The van der Waals surface area contributed by atoms with Crippen molar-refractivity contribution in [3.63, 3.8) is 0 Å². The maximum Gasteiger partial charge on any atom is 0.251 e. The smallest absolute Gasteiger partial charge is 0.251 e. The molecule has 0 unspecified atom stereocenters. The molecule has 140 valence electrons. The third kappa shape index (κ3) is 4.73. The lowest BCUT2D eigenvalue weighted by atomic mass is 10.1. The van der Waals surface area contributed by atoms with E-state index < -0.39 is 0 Å². The molecule has 6 nitrogen and oxygen atoms in total. The van der Waals surface area contributed by atoms with Gasteiger partial charge in [0.05, 0.1) is 7.11 Å². The van der Waals surface area contributed by atoms with Crippen LogP contribution in [0.3, 0.4) is 0 Å². The topological polar surface area (TPSA) is 75.3 Å². The first-order valence-electron chi connectivity index (χ1n) is 8.90. The van der Waals surface area contributed by atoms with E-state index in [0.717, 1.165) is 22.3 Å². The first-order valence-corrected chi connectivity index (χ1v) is 8.90. The van der Waals surface area contributed by atoms with Crippen LogP contribution in [0.25, 0.3) is 10.9 Å². The Morgan fingerprint density at radius 3 is 2.78 bits per heavy atom. The van der Waals surface area contributed by atoms with Gasteiger partial charge in [0.1, 0.15) is 5.75 Å². The minimum atomic E-state index is -0.156. The maximum atomic E-state index is 12.4. The summed E-state index contributed by atoms with van der Waals surface area (Å²) in [6.45, 7) is 0.598. The van der Waals surface area contributed by atoms with E-state index in [2.05, 4.69) is 9.97 Å². The summed E-state index contributed by atoms with van der Waals surface area (Å²) in [5.41, 5.74) is 2.15. The number of H-pyrrole nitrogens is 1. The molecule has 0 saturated heterocycles. The molecule has 0 atom stereocenters. The summed E-state index contributed by atoms with van der Waals surface area (Å²) in [5.74, 6) is 0.738. The molecule has 0 aliphatic rings. The lowest BCUT2D eigenvalue weighted by molar-refractivity contribution is -0.129. The van der Waals surface area contributed by atoms with E-state index in [4.69, 9.17) is 4.74 Å². The number of aryl methyl sites for hydroxylation is 1. The van der Waals surface area contributed by atoms with E-state index >= 15 is 0 Å². The number of carbonyl (C=O) groups is 1. The standard InChI is InChI=1S/C21H23N3O3/c1-24(12-10-17-5-3-4-11-22-17)20(25)9-6-15-13-16-14-18(27-2)7-8-19(16)23-21(15)26/h3-5,7-8,11,13-14H,6,9-10,12H2,1-2H3,(H,23,26). The number of hydrogen-bond acceptors (Lipinski definition) is 4. The predicted molar refractivity (Wildman–Crippen MR) is 105 cm³/mol. The van der Waals surface area contributed by atoms with Gasteiger partial charge in [-0.15, -0.1) is 0 Å². The zero-order chi connectivity index (χ0) is 19.2. The van der Waals surface area contributed by atoms with Crippen LogP contribution in [0.2, 0.25) is 0 Å². The molecule has 6 heteroatoms. The second-order valence-corrected chi connectivity index (χ2v) is 6.46. The molecule has 0 radical (unpaired) electrons. The molecule has 0 fully saturated rings. The van der Waals surface area contributed by atoms with Gasteiger partial charge in [0, 0.05) is 54.8 Å². The molecule has 0 aliphatic heterocycles. The Labute approximate surface area is 157 Å². The number of hydrogen-bond donors (Lipinski definition) is 1. The predicted octanol–water partition coefficient (Wildman–Crippen LogP) is 2.57. The van der Waals surface area contributed by atoms with Crippen LogP contribution in [0, 0.1) is 0 Å². The molecule has 1 aromatic carbocycles. The van der Waals surface area contributed by atoms with Crippen molar-refractivity contribution in [3.8, 4) is 5.75 Å². The van der Waals surface area contributed by atoms with Gasteiger partial charge in [-0.1, -0.05) is 6.07 Å². The number of fused-ring (bicyclic) bond motifs is 1. The van der Waals surface area contributed by atoms with Crippen LogP contribution in [-0.4, -0.2) is 41.5 Å². The van der Waals surface area contributed by atoms with Gasteiger partial charge in [0.25, 0.3) is 5.56 Å². The van der Waals surface area contributed by atoms with Gasteiger partial charge in [-0.3, -0.25) is 14.6 Å². The van der Waals surface area contributed by atoms with Crippen LogP contribution < -0.4 is 10.3 Å². The second-order valence-electron chi connectivity index (χ2n) is 6.46. The quantitative estimate of drug-likeness (QED) is 0.698. The number of carbonyl (C=O) groups excluding carboxylic acids is 1. The van der Waals surface area contributed by atoms with Gasteiger partial charge in [-0.25, -0.2) is 0 Å². The average Bonchev–Trinajstić information content (AvgIpc) is 2.70. The zero-order valence-electron chi connectivity index (χ0n) is 15.6. The minimum Gasteiger partial charge on any atom is -0.497 e. The number of rotatable bonds is 7. The summed E-state index contributed by atoms with van der Waals surface area (Å²) < 4.78 is 5.23. The van der Waals surface area contributed by atoms with E-state index in [0.29, 0.717) is 24.9 Å². The Bertz CT molecular complexity index is 983. The van der Waals surface area contributed by atoms with Crippen molar-refractivity contribution in [3.05, 3.63) is 70.3 Å². The summed E-state index contributed by atoms with van der Waals surface area (Å²) >= 11 is 0. The second kappa shape index (κ2) is 8.49. The Morgan fingerprint density at radius 1 is 1.19 bits per heavy atom. The number of aromatic nitrogens is 2. The van der Waals surface area contributed by atoms with Crippen LogP contribution >= 0.6 is 0 Å². The molecule has 3 aromatic rings. The molecule has 3 rings (SSSR count). The molecule has 0 aliphatic carbocycles. The molecule has 2 aromatic heterocycles. The Morgan fingerprint density at radius 2 is 2.04 bits per heavy atom. The van der Waals surface area contributed by atoms with Crippen molar-refractivity contribution in [1.82, 2.24) is 14.9 Å². The number of likely N-dealkylation sites (N-methyl/N-ethyl adjacent to an activating group) is 1. The van der Waals surface area contributed by atoms with E-state index in [9.17, 15) is 9.59 Å². The van der Waals surface area contributed by atoms with E-state index in [1.54, 1.807) is 31.3 Å². The van der Waals surface area contributed by atoms with Gasteiger partial charge < -0.3 is 14.6 Å². The largest absolute Gasteiger partial charge is 0.497 e. The van der Waals surface area contributed by atoms with E-state index in [1.165, 1.54) is 0 Å². The number of nitrogens with one attached hydrogen (secondary N) is 1. The summed E-state index contributed by atoms with van der Waals surface area (Å²) in [6, 6.07) is 13.1. The summed E-state index contributed by atoms with van der Waals surface area (Å²) in [7, 11) is 3.38. The summed E-state index contributed by atoms with van der Waals surface area (Å²) in [4.78, 5) is 33.5. The van der Waals surface area contributed by atoms with Gasteiger partial charge in [0.2, 0.25) is 5.91 Å². The number of amides is 1. The monoisotopic (exact) mass is 365 g/mol. The first-order chi connectivity index (χ1) is 13.1. The average molecular weight is 365 g/mol. The van der Waals surface area contributed by atoms with Crippen molar-refractivity contribution in [2.45, 2.75) is 19.3 Å². The molecule has 0 saturated carbocycles. The number of methoxy groups -OCH3 is 1. The first kappa shape index (κ1) is 18.6. The van der Waals surface area contributed by atoms with Gasteiger partial charge in [0.15, 0.2) is 0 Å². The van der Waals surface area contributed by atoms with Crippen molar-refractivity contribution in [2.24, 2.45) is 0 Å². The van der Waals surface area contributed by atoms with Crippen LogP contribution in [0.15, 0.2) is 53.5 Å². The van der Waals surface area contributed by atoms with Crippen molar-refractivity contribution in [2.75, 3.05) is 20.7 Å². The number of ether oxygens (including phenoxy) is 1. The third-order valence-corrected chi connectivity index (χ3v) is 4.59. The molecular weight excluding hydrogens is 342 g/mol. The molecule has 0 bridgehead atoms. The number of benzene rings is 1. The Balaban J connectivity index is 1.62. The number of pyridine rings is 2. The number of nitrogens with zero attached hydrogens (tertiary/aromatic N) is 2. The fourth-order valence-corrected chi connectivity index (χ4v) is 2.93. The molecule has 27 heavy (non-hydrogen) atoms. The Hall–Kier alpha value is -3.15. The Kier molecular flexibility index (Phi) is 5.86. The summed E-state index contributed by atoms with van der Waals surface area (Å²) in [6.07, 6.45) is 3.14. The molecule has 1 amide bonds. The molecule has 2 heterocycles. The number of aromatic amines is 1. The van der Waals surface area contributed by atoms with Crippen LogP contribution in [0.1, 0.15) is 17.7 Å². The van der Waals surface area contributed by atoms with E-state index in [-0.39, 0.29) is 17.9 Å². The highest BCUT2D eigenvalue weighted by Gasteiger charge is 2.11. The third-order valence-electron chi connectivity index (χ3n) is 4.59. The van der Waals surface area contributed by atoms with Gasteiger partial charge >= 0.3 is 0 Å². The lowest BCUT2D eigenvalue weighted by Gasteiger charge is -2.17. The van der Waals surface area contributed by atoms with Crippen molar-refractivity contribution in [1.29, 1.82) is 0 Å². The van der Waals surface area contributed by atoms with E-state index in [1.807, 2.05) is 36.4 Å². The lowest BCUT2D eigenvalue weighted by Crippen LogP contribution is -2.29. The molecule has 0 spiro atoms.